The third-order valence-corrected chi connectivity index (χ3v) is 4.71. The molecule has 0 radical (unpaired) electrons. The van der Waals surface area contributed by atoms with Crippen LogP contribution in [0, 0.1) is 0 Å². The van der Waals surface area contributed by atoms with E-state index in [2.05, 4.69) is 0 Å². The molecule has 0 heterocycles. The molecular formula is C25H28O7. The van der Waals surface area contributed by atoms with E-state index in [0.717, 1.165) is 0 Å². The lowest BCUT2D eigenvalue weighted by atomic mass is 10.0. The van der Waals surface area contributed by atoms with Crippen LogP contribution in [0.15, 0.2) is 59.9 Å². The highest BCUT2D eigenvalue weighted by Gasteiger charge is 2.12. The normalized spacial score (nSPS) is 12.2. The van der Waals surface area contributed by atoms with Gasteiger partial charge in [0, 0.05) is 24.2 Å². The van der Waals surface area contributed by atoms with Gasteiger partial charge in [0.25, 0.3) is 0 Å². The number of methoxy groups -OCH3 is 3. The first-order valence-electron chi connectivity index (χ1n) is 9.90. The van der Waals surface area contributed by atoms with Crippen LogP contribution in [-0.2, 0) is 11.4 Å². The number of aliphatic hydroxyl groups is 3. The Balaban J connectivity index is 2.26. The fraction of sp³-hybridized carbons (Fsp3) is 0.240. The Labute approximate surface area is 187 Å². The molecule has 0 aliphatic heterocycles. The second-order valence-corrected chi connectivity index (χ2v) is 6.71. The zero-order valence-electron chi connectivity index (χ0n) is 18.4. The Morgan fingerprint density at radius 1 is 0.844 bits per heavy atom. The molecule has 0 atom stereocenters. The van der Waals surface area contributed by atoms with Crippen molar-refractivity contribution in [3.05, 3.63) is 76.6 Å². The maximum atomic E-state index is 12.7. The molecule has 0 fully saturated rings. The number of aliphatic hydroxyl groups excluding tert-OH is 3. The zero-order chi connectivity index (χ0) is 23.5. The average Bonchev–Trinajstić information content (AvgIpc) is 2.83. The van der Waals surface area contributed by atoms with Gasteiger partial charge in [0.1, 0.15) is 11.5 Å². The minimum absolute atomic E-state index is 0.00418. The van der Waals surface area contributed by atoms with Gasteiger partial charge in [-0.1, -0.05) is 24.3 Å². The topological polar surface area (TPSA) is 105 Å². The van der Waals surface area contributed by atoms with Gasteiger partial charge in [-0.05, 0) is 47.5 Å². The monoisotopic (exact) mass is 440 g/mol. The van der Waals surface area contributed by atoms with Gasteiger partial charge in [0.2, 0.25) is 0 Å². The van der Waals surface area contributed by atoms with E-state index >= 15 is 0 Å². The van der Waals surface area contributed by atoms with Gasteiger partial charge < -0.3 is 29.5 Å². The zero-order valence-corrected chi connectivity index (χ0v) is 18.4. The van der Waals surface area contributed by atoms with Crippen LogP contribution in [0.4, 0.5) is 0 Å². The van der Waals surface area contributed by atoms with Crippen molar-refractivity contribution in [2.24, 2.45) is 0 Å². The predicted molar refractivity (Wildman–Crippen MR) is 123 cm³/mol. The summed E-state index contributed by atoms with van der Waals surface area (Å²) in [5.74, 6) is 0.980. The Kier molecular flexibility index (Phi) is 9.53. The fourth-order valence-electron chi connectivity index (χ4n) is 3.02. The molecule has 2 aromatic carbocycles. The summed E-state index contributed by atoms with van der Waals surface area (Å²) in [5.41, 5.74) is 2.10. The van der Waals surface area contributed by atoms with E-state index in [9.17, 15) is 20.1 Å². The smallest absolute Gasteiger partial charge is 0.185 e. The number of allylic oxidation sites excluding steroid dienone is 2. The van der Waals surface area contributed by atoms with Crippen molar-refractivity contribution in [2.75, 3.05) is 27.9 Å². The molecule has 7 nitrogen and oxygen atoms in total. The van der Waals surface area contributed by atoms with E-state index in [1.807, 2.05) is 0 Å². The van der Waals surface area contributed by atoms with Gasteiger partial charge in [-0.2, -0.15) is 0 Å². The largest absolute Gasteiger partial charge is 0.508 e. The Morgan fingerprint density at radius 3 is 2.03 bits per heavy atom. The minimum atomic E-state index is -0.429. The Bertz CT molecular complexity index is 1020. The van der Waals surface area contributed by atoms with E-state index in [1.165, 1.54) is 33.5 Å². The van der Waals surface area contributed by atoms with E-state index in [-0.39, 0.29) is 31.0 Å². The van der Waals surface area contributed by atoms with E-state index in [1.54, 1.807) is 48.6 Å². The number of carbonyl (C=O) groups is 1. The molecule has 3 N–H and O–H groups in total. The minimum Gasteiger partial charge on any atom is -0.508 e. The molecule has 2 aromatic rings. The third-order valence-electron chi connectivity index (χ3n) is 4.71. The highest BCUT2D eigenvalue weighted by molar-refractivity contribution is 6.07. The summed E-state index contributed by atoms with van der Waals surface area (Å²) >= 11 is 0. The van der Waals surface area contributed by atoms with Crippen molar-refractivity contribution in [3.63, 3.8) is 0 Å². The SMILES string of the molecule is COc1ccc(/C=C/C(O)=C(CCO)C(=O)/C=C/c2ccc(OC)c(OC)c2)cc1CO. The molecule has 0 aromatic heterocycles. The van der Waals surface area contributed by atoms with Crippen LogP contribution in [0.25, 0.3) is 12.2 Å². The van der Waals surface area contributed by atoms with Crippen molar-refractivity contribution < 1.29 is 34.3 Å². The van der Waals surface area contributed by atoms with Gasteiger partial charge in [-0.15, -0.1) is 0 Å². The molecule has 170 valence electrons. The highest BCUT2D eigenvalue weighted by atomic mass is 16.5. The number of rotatable bonds is 11. The molecule has 0 spiro atoms. The quantitative estimate of drug-likeness (QED) is 0.278. The van der Waals surface area contributed by atoms with Crippen LogP contribution in [0.2, 0.25) is 0 Å². The molecular weight excluding hydrogens is 412 g/mol. The molecule has 0 aliphatic carbocycles. The summed E-state index contributed by atoms with van der Waals surface area (Å²) < 4.78 is 15.6. The van der Waals surface area contributed by atoms with Crippen LogP contribution < -0.4 is 14.2 Å². The molecule has 0 unspecified atom stereocenters. The van der Waals surface area contributed by atoms with Crippen molar-refractivity contribution in [3.8, 4) is 17.2 Å². The summed E-state index contributed by atoms with van der Waals surface area (Å²) in [6.07, 6.45) is 5.91. The molecule has 0 saturated carbocycles. The van der Waals surface area contributed by atoms with Crippen LogP contribution in [0.1, 0.15) is 23.1 Å². The van der Waals surface area contributed by atoms with Gasteiger partial charge in [-0.25, -0.2) is 0 Å². The molecule has 0 aliphatic rings. The first kappa shape index (κ1) is 24.7. The molecule has 32 heavy (non-hydrogen) atoms. The van der Waals surface area contributed by atoms with Gasteiger partial charge in [-0.3, -0.25) is 4.79 Å². The van der Waals surface area contributed by atoms with E-state index in [4.69, 9.17) is 14.2 Å². The van der Waals surface area contributed by atoms with Gasteiger partial charge >= 0.3 is 0 Å². The molecule has 0 amide bonds. The van der Waals surface area contributed by atoms with E-state index in [0.29, 0.717) is 33.9 Å². The number of benzene rings is 2. The average molecular weight is 440 g/mol. The third kappa shape index (κ3) is 6.47. The molecule has 7 heteroatoms. The first-order chi connectivity index (χ1) is 15.5. The molecule has 2 rings (SSSR count). The van der Waals surface area contributed by atoms with Crippen molar-refractivity contribution in [2.45, 2.75) is 13.0 Å². The van der Waals surface area contributed by atoms with Gasteiger partial charge in [0.05, 0.1) is 27.9 Å². The maximum absolute atomic E-state index is 12.7. The lowest BCUT2D eigenvalue weighted by Crippen LogP contribution is -2.04. The molecule has 0 saturated heterocycles. The Morgan fingerprint density at radius 2 is 1.44 bits per heavy atom. The molecule has 0 bridgehead atoms. The highest BCUT2D eigenvalue weighted by Crippen LogP contribution is 2.28. The van der Waals surface area contributed by atoms with Crippen molar-refractivity contribution in [1.29, 1.82) is 0 Å². The Hall–Kier alpha value is -3.55. The number of hydrogen-bond donors (Lipinski definition) is 3. The van der Waals surface area contributed by atoms with Crippen molar-refractivity contribution in [1.82, 2.24) is 0 Å². The number of carbonyl (C=O) groups excluding carboxylic acids is 1. The predicted octanol–water partition coefficient (Wildman–Crippen LogP) is 3.69. The number of ether oxygens (including phenoxy) is 3. The van der Waals surface area contributed by atoms with Crippen LogP contribution in [-0.4, -0.2) is 49.0 Å². The number of hydrogen-bond acceptors (Lipinski definition) is 7. The van der Waals surface area contributed by atoms with Crippen LogP contribution in [0.3, 0.4) is 0 Å². The summed E-state index contributed by atoms with van der Waals surface area (Å²) in [6.45, 7) is -0.484. The summed E-state index contributed by atoms with van der Waals surface area (Å²) in [5, 5.41) is 29.2. The summed E-state index contributed by atoms with van der Waals surface area (Å²) in [7, 11) is 4.58. The summed E-state index contributed by atoms with van der Waals surface area (Å²) in [6, 6.07) is 10.4. The maximum Gasteiger partial charge on any atom is 0.185 e. The van der Waals surface area contributed by atoms with Crippen LogP contribution in [0.5, 0.6) is 17.2 Å². The van der Waals surface area contributed by atoms with Gasteiger partial charge in [0.15, 0.2) is 17.3 Å². The number of ketones is 1. The second-order valence-electron chi connectivity index (χ2n) is 6.71. The second kappa shape index (κ2) is 12.3. The van der Waals surface area contributed by atoms with Crippen LogP contribution >= 0.6 is 0 Å². The first-order valence-corrected chi connectivity index (χ1v) is 9.90. The lowest BCUT2D eigenvalue weighted by molar-refractivity contribution is -0.111. The summed E-state index contributed by atoms with van der Waals surface area (Å²) in [4.78, 5) is 12.7. The van der Waals surface area contributed by atoms with Crippen molar-refractivity contribution >= 4 is 17.9 Å². The standard InChI is InChI=1S/C25H28O7/c1-30-23-10-6-17(14-19(23)16-27)4-8-21(28)20(12-13-26)22(29)9-5-18-7-11-24(31-2)25(15-18)32-3/h4-11,14-15,26-28H,12-13,16H2,1-3H3/b8-4+,9-5+,21-20?. The fourth-order valence-corrected chi connectivity index (χ4v) is 3.02. The van der Waals surface area contributed by atoms with E-state index < -0.39 is 5.78 Å². The lowest BCUT2D eigenvalue weighted by Gasteiger charge is -2.08.